The Morgan fingerprint density at radius 2 is 1.91 bits per heavy atom. The fraction of sp³-hybridized carbons (Fsp3) is 0.167. The Morgan fingerprint density at radius 1 is 1.14 bits per heavy atom. The second kappa shape index (κ2) is 8.95. The summed E-state index contributed by atoms with van der Waals surface area (Å²) < 4.78 is 11.0. The fourth-order valence-electron chi connectivity index (χ4n) is 4.01. The molecule has 2 aromatic carbocycles. The van der Waals surface area contributed by atoms with Gasteiger partial charge in [-0.2, -0.15) is 0 Å². The Morgan fingerprint density at radius 3 is 2.63 bits per heavy atom. The molecule has 1 amide bonds. The van der Waals surface area contributed by atoms with Crippen LogP contribution in [-0.4, -0.2) is 23.5 Å². The van der Waals surface area contributed by atoms with Crippen molar-refractivity contribution in [3.63, 3.8) is 0 Å². The summed E-state index contributed by atoms with van der Waals surface area (Å²) in [6, 6.07) is 8.51. The first-order valence-corrected chi connectivity index (χ1v) is 12.4. The van der Waals surface area contributed by atoms with E-state index in [0.717, 1.165) is 11.3 Å². The van der Waals surface area contributed by atoms with Crippen LogP contribution in [0.4, 0.5) is 5.13 Å². The lowest BCUT2D eigenvalue weighted by Crippen LogP contribution is -2.29. The number of aromatic nitrogens is 1. The molecule has 0 spiro atoms. The number of carbonyl (C=O) groups excluding carboxylic acids is 2. The minimum atomic E-state index is -0.924. The number of fused-ring (bicyclic) bond motifs is 2. The van der Waals surface area contributed by atoms with Gasteiger partial charge in [-0.15, -0.1) is 0 Å². The van der Waals surface area contributed by atoms with Crippen molar-refractivity contribution < 1.29 is 18.7 Å². The van der Waals surface area contributed by atoms with Gasteiger partial charge in [-0.05, 0) is 49.7 Å². The average molecular weight is 550 g/mol. The number of carbonyl (C=O) groups is 2. The van der Waals surface area contributed by atoms with E-state index < -0.39 is 23.3 Å². The Hall–Kier alpha value is -2.91. The molecule has 4 aromatic rings. The SMILES string of the molecule is CCOC(=O)c1sc(N2C(=O)c3oc4ccc(Cl)cc4c(=O)c3C2c2ccc(Cl)c(Cl)c2)nc1C. The molecule has 5 rings (SSSR count). The molecule has 1 atom stereocenters. The highest BCUT2D eigenvalue weighted by molar-refractivity contribution is 7.17. The number of esters is 1. The second-order valence-corrected chi connectivity index (χ2v) is 9.93. The van der Waals surface area contributed by atoms with E-state index in [4.69, 9.17) is 44.0 Å². The molecule has 35 heavy (non-hydrogen) atoms. The van der Waals surface area contributed by atoms with E-state index in [9.17, 15) is 14.4 Å². The molecule has 0 saturated heterocycles. The van der Waals surface area contributed by atoms with Gasteiger partial charge in [0.2, 0.25) is 5.76 Å². The summed E-state index contributed by atoms with van der Waals surface area (Å²) in [4.78, 5) is 45.8. The van der Waals surface area contributed by atoms with E-state index in [1.165, 1.54) is 17.0 Å². The predicted octanol–water partition coefficient (Wildman–Crippen LogP) is 6.44. The topological polar surface area (TPSA) is 89.7 Å². The van der Waals surface area contributed by atoms with E-state index >= 15 is 0 Å². The first-order chi connectivity index (χ1) is 16.7. The van der Waals surface area contributed by atoms with Crippen LogP contribution >= 0.6 is 46.1 Å². The highest BCUT2D eigenvalue weighted by Gasteiger charge is 2.45. The quantitative estimate of drug-likeness (QED) is 0.272. The summed E-state index contributed by atoms with van der Waals surface area (Å²) in [7, 11) is 0. The Bertz CT molecular complexity index is 1600. The number of hydrogen-bond donors (Lipinski definition) is 0. The predicted molar refractivity (Wildman–Crippen MR) is 135 cm³/mol. The summed E-state index contributed by atoms with van der Waals surface area (Å²) in [6.45, 7) is 3.54. The van der Waals surface area contributed by atoms with Crippen LogP contribution in [0.5, 0.6) is 0 Å². The van der Waals surface area contributed by atoms with Crippen LogP contribution in [0.1, 0.15) is 50.0 Å². The highest BCUT2D eigenvalue weighted by atomic mass is 35.5. The van der Waals surface area contributed by atoms with Crippen molar-refractivity contribution in [1.29, 1.82) is 0 Å². The Kier molecular flexibility index (Phi) is 6.09. The smallest absolute Gasteiger partial charge is 0.350 e. The molecular formula is C24H15Cl3N2O5S. The third kappa shape index (κ3) is 3.90. The molecule has 178 valence electrons. The Balaban J connectivity index is 1.77. The van der Waals surface area contributed by atoms with Crippen LogP contribution < -0.4 is 10.3 Å². The maximum atomic E-state index is 13.7. The molecule has 11 heteroatoms. The van der Waals surface area contributed by atoms with Gasteiger partial charge in [0, 0.05) is 5.02 Å². The Labute approximate surface area is 217 Å². The van der Waals surface area contributed by atoms with Gasteiger partial charge in [-0.3, -0.25) is 14.5 Å². The van der Waals surface area contributed by atoms with Gasteiger partial charge in [-0.25, -0.2) is 9.78 Å². The molecule has 0 bridgehead atoms. The molecular weight excluding hydrogens is 535 g/mol. The first-order valence-electron chi connectivity index (χ1n) is 10.4. The average Bonchev–Trinajstić information content (AvgIpc) is 3.34. The summed E-state index contributed by atoms with van der Waals surface area (Å²) in [5.41, 5.74) is 0.856. The van der Waals surface area contributed by atoms with Crippen LogP contribution in [0, 0.1) is 6.92 Å². The molecule has 7 nitrogen and oxygen atoms in total. The summed E-state index contributed by atoms with van der Waals surface area (Å²) in [5.74, 6) is -1.24. The maximum absolute atomic E-state index is 13.7. The van der Waals surface area contributed by atoms with Crippen molar-refractivity contribution in [1.82, 2.24) is 4.98 Å². The van der Waals surface area contributed by atoms with Gasteiger partial charge in [-0.1, -0.05) is 52.2 Å². The van der Waals surface area contributed by atoms with Gasteiger partial charge >= 0.3 is 5.97 Å². The number of amides is 1. The van der Waals surface area contributed by atoms with Crippen molar-refractivity contribution in [3.8, 4) is 0 Å². The lowest BCUT2D eigenvalue weighted by atomic mass is 9.99. The van der Waals surface area contributed by atoms with Crippen molar-refractivity contribution in [2.45, 2.75) is 19.9 Å². The molecule has 0 N–H and O–H groups in total. The summed E-state index contributed by atoms with van der Waals surface area (Å²) >= 11 is 19.5. The summed E-state index contributed by atoms with van der Waals surface area (Å²) in [5, 5.41) is 1.36. The highest BCUT2D eigenvalue weighted by Crippen LogP contribution is 2.44. The number of thiazole rings is 1. The lowest BCUT2D eigenvalue weighted by molar-refractivity contribution is 0.0531. The molecule has 2 aromatic heterocycles. The van der Waals surface area contributed by atoms with E-state index in [1.54, 1.807) is 38.1 Å². The second-order valence-electron chi connectivity index (χ2n) is 7.70. The van der Waals surface area contributed by atoms with Gasteiger partial charge in [0.15, 0.2) is 10.6 Å². The zero-order chi connectivity index (χ0) is 25.0. The van der Waals surface area contributed by atoms with Crippen LogP contribution in [0.15, 0.2) is 45.6 Å². The number of nitrogens with zero attached hydrogens (tertiary/aromatic N) is 2. The number of halogens is 3. The van der Waals surface area contributed by atoms with Gasteiger partial charge in [0.25, 0.3) is 5.91 Å². The minimum Gasteiger partial charge on any atom is -0.462 e. The zero-order valence-corrected chi connectivity index (χ0v) is 21.3. The van der Waals surface area contributed by atoms with Gasteiger partial charge in [0.1, 0.15) is 10.5 Å². The van der Waals surface area contributed by atoms with Crippen LogP contribution in [-0.2, 0) is 4.74 Å². The fourth-order valence-corrected chi connectivity index (χ4v) is 5.48. The molecule has 0 saturated carbocycles. The standard InChI is InChI=1S/C24H15Cl3N2O5S/c1-3-33-23(32)21-10(2)28-24(35-21)29-18(11-4-6-14(26)15(27)8-11)17-19(30)13-9-12(25)5-7-16(13)34-20(17)22(29)31/h4-9,18H,3H2,1-2H3. The number of rotatable bonds is 4. The van der Waals surface area contributed by atoms with Crippen LogP contribution in [0.2, 0.25) is 15.1 Å². The number of benzene rings is 2. The molecule has 1 aliphatic rings. The van der Waals surface area contributed by atoms with E-state index in [-0.39, 0.29) is 43.9 Å². The van der Waals surface area contributed by atoms with Crippen molar-refractivity contribution in [2.75, 3.05) is 11.5 Å². The van der Waals surface area contributed by atoms with Crippen molar-refractivity contribution in [2.24, 2.45) is 0 Å². The normalized spacial score (nSPS) is 15.1. The number of ether oxygens (including phenoxy) is 1. The van der Waals surface area contributed by atoms with Gasteiger partial charge in [0.05, 0.1) is 39.3 Å². The van der Waals surface area contributed by atoms with Gasteiger partial charge < -0.3 is 9.15 Å². The number of anilines is 1. The minimum absolute atomic E-state index is 0.119. The maximum Gasteiger partial charge on any atom is 0.350 e. The zero-order valence-electron chi connectivity index (χ0n) is 18.2. The van der Waals surface area contributed by atoms with E-state index in [0.29, 0.717) is 21.3 Å². The molecule has 3 heterocycles. The van der Waals surface area contributed by atoms with Crippen molar-refractivity contribution >= 4 is 74.1 Å². The molecule has 1 unspecified atom stereocenters. The first kappa shape index (κ1) is 23.8. The third-order valence-electron chi connectivity index (χ3n) is 5.54. The molecule has 1 aliphatic heterocycles. The van der Waals surface area contributed by atoms with E-state index in [1.807, 2.05) is 0 Å². The summed E-state index contributed by atoms with van der Waals surface area (Å²) in [6.07, 6.45) is 0. The van der Waals surface area contributed by atoms with Crippen LogP contribution in [0.25, 0.3) is 11.0 Å². The molecule has 0 aliphatic carbocycles. The van der Waals surface area contributed by atoms with E-state index in [2.05, 4.69) is 4.98 Å². The largest absolute Gasteiger partial charge is 0.462 e. The van der Waals surface area contributed by atoms with Crippen LogP contribution in [0.3, 0.4) is 0 Å². The molecule has 0 radical (unpaired) electrons. The third-order valence-corrected chi connectivity index (χ3v) is 7.65. The number of aryl methyl sites for hydroxylation is 1. The van der Waals surface area contributed by atoms with Crippen molar-refractivity contribution in [3.05, 3.63) is 89.1 Å². The number of hydrogen-bond acceptors (Lipinski definition) is 7. The monoisotopic (exact) mass is 548 g/mol. The molecule has 0 fully saturated rings. The lowest BCUT2D eigenvalue weighted by Gasteiger charge is -2.22.